The Morgan fingerprint density at radius 1 is 1.46 bits per heavy atom. The fraction of sp³-hybridized carbons (Fsp3) is 0.111. The van der Waals surface area contributed by atoms with E-state index in [2.05, 4.69) is 10.2 Å². The summed E-state index contributed by atoms with van der Waals surface area (Å²) in [6.07, 6.45) is 3.67. The van der Waals surface area contributed by atoms with E-state index in [1.807, 2.05) is 36.6 Å². The molecule has 68 valence electrons. The first-order chi connectivity index (χ1) is 6.33. The maximum Gasteiger partial charge on any atom is 0.225 e. The second-order valence-electron chi connectivity index (χ2n) is 2.34. The third-order valence-electron chi connectivity index (χ3n) is 1.41. The van der Waals surface area contributed by atoms with Gasteiger partial charge >= 0.3 is 0 Å². The highest BCUT2D eigenvalue weighted by molar-refractivity contribution is 8.13. The molecule has 0 aliphatic rings. The highest BCUT2D eigenvalue weighted by Gasteiger charge is 1.89. The minimum absolute atomic E-state index is 0.521. The van der Waals surface area contributed by atoms with Crippen LogP contribution < -0.4 is 10.8 Å². The van der Waals surface area contributed by atoms with Gasteiger partial charge in [0.2, 0.25) is 11.4 Å². The van der Waals surface area contributed by atoms with Gasteiger partial charge in [-0.2, -0.15) is 0 Å². The Hall–Kier alpha value is -1.29. The standard InChI is InChI=1S/C9H11N3S/c1-13-9(10)12-11-7-8-5-3-2-4-6-8/h2-7H,1H3,(H2,10,12)/p+1. The lowest BCUT2D eigenvalue weighted by molar-refractivity contribution is -0.456. The molecule has 0 aromatic heterocycles. The zero-order chi connectivity index (χ0) is 9.52. The second kappa shape index (κ2) is 5.37. The van der Waals surface area contributed by atoms with Crippen molar-refractivity contribution in [1.29, 1.82) is 0 Å². The number of nitrogens with zero attached hydrogens (tertiary/aromatic N) is 1. The van der Waals surface area contributed by atoms with Crippen LogP contribution in [0.15, 0.2) is 35.4 Å². The van der Waals surface area contributed by atoms with Crippen molar-refractivity contribution in [2.24, 2.45) is 10.8 Å². The third-order valence-corrected chi connectivity index (χ3v) is 1.92. The first-order valence-electron chi connectivity index (χ1n) is 3.84. The smallest absolute Gasteiger partial charge is 0.225 e. The van der Waals surface area contributed by atoms with E-state index in [9.17, 15) is 0 Å². The number of thioether (sulfide) groups is 1. The van der Waals surface area contributed by atoms with E-state index in [-0.39, 0.29) is 0 Å². The molecule has 0 unspecified atom stereocenters. The summed E-state index contributed by atoms with van der Waals surface area (Å²) in [6.45, 7) is 0. The molecule has 0 atom stereocenters. The molecule has 3 N–H and O–H groups in total. The molecule has 0 saturated heterocycles. The molecule has 1 aromatic rings. The Bertz CT molecular complexity index is 306. The third kappa shape index (κ3) is 3.75. The summed E-state index contributed by atoms with van der Waals surface area (Å²) in [4.78, 5) is 0. The molecule has 1 rings (SSSR count). The van der Waals surface area contributed by atoms with Crippen LogP contribution in [0.5, 0.6) is 0 Å². The Kier molecular flexibility index (Phi) is 4.05. The van der Waals surface area contributed by atoms with Crippen molar-refractivity contribution in [3.05, 3.63) is 35.9 Å². The monoisotopic (exact) mass is 194 g/mol. The Morgan fingerprint density at radius 2 is 2.15 bits per heavy atom. The molecular formula is C9H12N3S+. The molecule has 0 amide bonds. The minimum Gasteiger partial charge on any atom is -0.373 e. The predicted octanol–water partition coefficient (Wildman–Crippen LogP) is -0.221. The molecule has 13 heavy (non-hydrogen) atoms. The van der Waals surface area contributed by atoms with Gasteiger partial charge in [-0.3, -0.25) is 0 Å². The lowest BCUT2D eigenvalue weighted by Crippen LogP contribution is -2.62. The van der Waals surface area contributed by atoms with Crippen LogP contribution in [0.3, 0.4) is 0 Å². The van der Waals surface area contributed by atoms with Crippen molar-refractivity contribution >= 4 is 23.1 Å². The van der Waals surface area contributed by atoms with Crippen LogP contribution in [0.4, 0.5) is 0 Å². The number of benzene rings is 1. The van der Waals surface area contributed by atoms with Crippen LogP contribution in [0.1, 0.15) is 5.56 Å². The average Bonchev–Trinajstić information content (AvgIpc) is 2.19. The number of hydrogen-bond donors (Lipinski definition) is 2. The highest BCUT2D eigenvalue weighted by atomic mass is 32.2. The van der Waals surface area contributed by atoms with Crippen LogP contribution in [0, 0.1) is 0 Å². The SMILES string of the molecule is CSC(N)=N[NH+]=Cc1ccccc1. The zero-order valence-electron chi connectivity index (χ0n) is 7.40. The summed E-state index contributed by atoms with van der Waals surface area (Å²) in [7, 11) is 0. The van der Waals surface area contributed by atoms with Gasteiger partial charge in [-0.05, 0) is 18.4 Å². The van der Waals surface area contributed by atoms with Crippen LogP contribution in [-0.2, 0) is 0 Å². The summed E-state index contributed by atoms with van der Waals surface area (Å²) >= 11 is 1.41. The van der Waals surface area contributed by atoms with Crippen molar-refractivity contribution in [2.75, 3.05) is 6.26 Å². The molecule has 0 heterocycles. The first kappa shape index (κ1) is 9.80. The Labute approximate surface area is 81.8 Å². The van der Waals surface area contributed by atoms with Crippen molar-refractivity contribution in [2.45, 2.75) is 0 Å². The number of hydrazone groups is 1. The Morgan fingerprint density at radius 3 is 2.77 bits per heavy atom. The number of nitrogens with one attached hydrogen (secondary N) is 1. The Balaban J connectivity index is 2.60. The summed E-state index contributed by atoms with van der Waals surface area (Å²) in [5.74, 6) is 0. The quantitative estimate of drug-likeness (QED) is 0.388. The van der Waals surface area contributed by atoms with E-state index in [1.165, 1.54) is 11.8 Å². The normalized spacial score (nSPS) is 12.2. The molecule has 0 spiro atoms. The molecule has 0 radical (unpaired) electrons. The summed E-state index contributed by atoms with van der Waals surface area (Å²) < 4.78 is 0. The molecule has 4 heteroatoms. The summed E-state index contributed by atoms with van der Waals surface area (Å²) in [5, 5.41) is 7.18. The summed E-state index contributed by atoms with van der Waals surface area (Å²) in [6, 6.07) is 9.87. The van der Waals surface area contributed by atoms with E-state index in [0.717, 1.165) is 5.56 Å². The zero-order valence-corrected chi connectivity index (χ0v) is 8.21. The van der Waals surface area contributed by atoms with Gasteiger partial charge in [-0.1, -0.05) is 30.0 Å². The van der Waals surface area contributed by atoms with Crippen LogP contribution >= 0.6 is 11.8 Å². The van der Waals surface area contributed by atoms with Gasteiger partial charge in [0.25, 0.3) is 0 Å². The summed E-state index contributed by atoms with van der Waals surface area (Å²) in [5.41, 5.74) is 6.54. The van der Waals surface area contributed by atoms with Gasteiger partial charge in [0, 0.05) is 10.7 Å². The highest BCUT2D eigenvalue weighted by Crippen LogP contribution is 1.91. The van der Waals surface area contributed by atoms with Crippen LogP contribution in [-0.4, -0.2) is 17.6 Å². The molecule has 3 nitrogen and oxygen atoms in total. The van der Waals surface area contributed by atoms with Gasteiger partial charge in [0.15, 0.2) is 0 Å². The maximum absolute atomic E-state index is 5.47. The second-order valence-corrected chi connectivity index (χ2v) is 3.16. The average molecular weight is 194 g/mol. The van der Waals surface area contributed by atoms with E-state index >= 15 is 0 Å². The van der Waals surface area contributed by atoms with E-state index < -0.39 is 0 Å². The fourth-order valence-corrected chi connectivity index (χ4v) is 0.909. The number of nitrogens with two attached hydrogens (primary N) is 1. The largest absolute Gasteiger partial charge is 0.373 e. The van der Waals surface area contributed by atoms with Crippen LogP contribution in [0.25, 0.3) is 0 Å². The molecule has 0 bridgehead atoms. The van der Waals surface area contributed by atoms with Gasteiger partial charge in [0.1, 0.15) is 0 Å². The van der Waals surface area contributed by atoms with Crippen LogP contribution in [0.2, 0.25) is 0 Å². The number of amidine groups is 1. The van der Waals surface area contributed by atoms with Gasteiger partial charge < -0.3 is 5.73 Å². The van der Waals surface area contributed by atoms with E-state index in [1.54, 1.807) is 6.21 Å². The molecule has 1 aromatic carbocycles. The van der Waals surface area contributed by atoms with Crippen molar-refractivity contribution in [1.82, 2.24) is 0 Å². The number of hydrogen-bond acceptors (Lipinski definition) is 2. The van der Waals surface area contributed by atoms with Gasteiger partial charge in [0.05, 0.1) is 0 Å². The molecule has 0 aliphatic heterocycles. The maximum atomic E-state index is 5.47. The topological polar surface area (TPSA) is 52.3 Å². The molecule has 0 aliphatic carbocycles. The lowest BCUT2D eigenvalue weighted by Gasteiger charge is -1.85. The molecule has 0 fully saturated rings. The van der Waals surface area contributed by atoms with E-state index in [4.69, 9.17) is 5.73 Å². The molecule has 0 saturated carbocycles. The first-order valence-corrected chi connectivity index (χ1v) is 5.06. The van der Waals surface area contributed by atoms with E-state index in [0.29, 0.717) is 5.17 Å². The van der Waals surface area contributed by atoms with Gasteiger partial charge in [-0.25, -0.2) is 0 Å². The predicted molar refractivity (Wildman–Crippen MR) is 57.7 cm³/mol. The van der Waals surface area contributed by atoms with Crippen molar-refractivity contribution in [3.8, 4) is 0 Å². The minimum atomic E-state index is 0.521. The fourth-order valence-electron chi connectivity index (χ4n) is 0.765. The molecular weight excluding hydrogens is 182 g/mol. The van der Waals surface area contributed by atoms with Crippen molar-refractivity contribution in [3.63, 3.8) is 0 Å². The van der Waals surface area contributed by atoms with Gasteiger partial charge in [-0.15, -0.1) is 5.10 Å². The van der Waals surface area contributed by atoms with Crippen molar-refractivity contribution < 1.29 is 5.10 Å². The number of rotatable bonds is 2. The lowest BCUT2D eigenvalue weighted by atomic mass is 10.2.